The van der Waals surface area contributed by atoms with Crippen molar-refractivity contribution in [2.75, 3.05) is 17.2 Å². The standard InChI is InChI=1S/C18H15ClFN3O2S/c1-2-25-17(24)16-15(13-9-10(19)3-8-14(13)22-16)23-18(26)21-12-6-4-11(20)5-7-12/h3-9,22H,2H2,1H3,(H2,21,23,26). The van der Waals surface area contributed by atoms with E-state index in [1.165, 1.54) is 12.1 Å². The molecule has 0 aliphatic carbocycles. The number of hydrogen-bond donors (Lipinski definition) is 3. The third-order valence-electron chi connectivity index (χ3n) is 3.58. The summed E-state index contributed by atoms with van der Waals surface area (Å²) in [5.41, 5.74) is 2.02. The Morgan fingerprint density at radius 3 is 2.65 bits per heavy atom. The second-order valence-electron chi connectivity index (χ2n) is 5.37. The van der Waals surface area contributed by atoms with Gasteiger partial charge in [-0.15, -0.1) is 0 Å². The van der Waals surface area contributed by atoms with Crippen molar-refractivity contribution in [3.63, 3.8) is 0 Å². The third-order valence-corrected chi connectivity index (χ3v) is 4.02. The fraction of sp³-hybridized carbons (Fsp3) is 0.111. The summed E-state index contributed by atoms with van der Waals surface area (Å²) in [5, 5.41) is 7.40. The molecule has 0 atom stereocenters. The molecule has 1 aromatic heterocycles. The third kappa shape index (κ3) is 3.95. The number of esters is 1. The lowest BCUT2D eigenvalue weighted by molar-refractivity contribution is 0.0522. The van der Waals surface area contributed by atoms with Crippen LogP contribution in [0, 0.1) is 5.82 Å². The lowest BCUT2D eigenvalue weighted by Gasteiger charge is -2.11. The molecule has 3 N–H and O–H groups in total. The van der Waals surface area contributed by atoms with Gasteiger partial charge < -0.3 is 20.4 Å². The fourth-order valence-electron chi connectivity index (χ4n) is 2.46. The maximum Gasteiger partial charge on any atom is 0.356 e. The maximum atomic E-state index is 13.0. The zero-order valence-electron chi connectivity index (χ0n) is 13.7. The van der Waals surface area contributed by atoms with E-state index in [4.69, 9.17) is 28.6 Å². The molecule has 0 amide bonds. The lowest BCUT2D eigenvalue weighted by atomic mass is 10.2. The Labute approximate surface area is 159 Å². The molecule has 134 valence electrons. The summed E-state index contributed by atoms with van der Waals surface area (Å²) >= 11 is 11.4. The van der Waals surface area contributed by atoms with Gasteiger partial charge in [0, 0.05) is 21.6 Å². The molecule has 0 aliphatic heterocycles. The molecule has 26 heavy (non-hydrogen) atoms. The number of nitrogens with one attached hydrogen (secondary N) is 3. The van der Waals surface area contributed by atoms with Gasteiger partial charge in [-0.1, -0.05) is 11.6 Å². The largest absolute Gasteiger partial charge is 0.461 e. The molecule has 0 aliphatic rings. The topological polar surface area (TPSA) is 66.2 Å². The van der Waals surface area contributed by atoms with Crippen molar-refractivity contribution in [1.82, 2.24) is 4.98 Å². The first-order valence-corrected chi connectivity index (χ1v) is 8.58. The second kappa shape index (κ2) is 7.72. The summed E-state index contributed by atoms with van der Waals surface area (Å²) in [4.78, 5) is 15.3. The molecule has 3 rings (SSSR count). The Morgan fingerprint density at radius 1 is 1.23 bits per heavy atom. The number of thiocarbonyl (C=S) groups is 1. The number of benzene rings is 2. The summed E-state index contributed by atoms with van der Waals surface area (Å²) in [6, 6.07) is 11.0. The lowest BCUT2D eigenvalue weighted by Crippen LogP contribution is -2.20. The van der Waals surface area contributed by atoms with Gasteiger partial charge in [0.15, 0.2) is 5.11 Å². The number of rotatable bonds is 4. The molecule has 0 saturated heterocycles. The number of carbonyl (C=O) groups excluding carboxylic acids is 1. The number of H-pyrrole nitrogens is 1. The van der Waals surface area contributed by atoms with Gasteiger partial charge in [0.2, 0.25) is 0 Å². The molecule has 2 aromatic carbocycles. The van der Waals surface area contributed by atoms with E-state index < -0.39 is 5.97 Å². The number of halogens is 2. The molecular formula is C18H15ClFN3O2S. The van der Waals surface area contributed by atoms with Crippen LogP contribution in [0.25, 0.3) is 10.9 Å². The number of ether oxygens (including phenoxy) is 1. The fourth-order valence-corrected chi connectivity index (χ4v) is 2.85. The minimum Gasteiger partial charge on any atom is -0.461 e. The van der Waals surface area contributed by atoms with Crippen molar-refractivity contribution in [2.45, 2.75) is 6.92 Å². The molecule has 0 spiro atoms. The molecule has 0 bridgehead atoms. The Bertz CT molecular complexity index is 972. The zero-order valence-corrected chi connectivity index (χ0v) is 15.3. The van der Waals surface area contributed by atoms with Gasteiger partial charge in [-0.2, -0.15) is 0 Å². The van der Waals surface area contributed by atoms with Crippen molar-refractivity contribution in [3.05, 3.63) is 59.0 Å². The van der Waals surface area contributed by atoms with E-state index in [1.807, 2.05) is 0 Å². The average Bonchev–Trinajstić information content (AvgIpc) is 2.95. The van der Waals surface area contributed by atoms with E-state index in [2.05, 4.69) is 15.6 Å². The minimum atomic E-state index is -0.507. The van der Waals surface area contributed by atoms with E-state index >= 15 is 0 Å². The van der Waals surface area contributed by atoms with Crippen LogP contribution in [0.4, 0.5) is 15.8 Å². The molecule has 8 heteroatoms. The van der Waals surface area contributed by atoms with Crippen molar-refractivity contribution in [2.24, 2.45) is 0 Å². The van der Waals surface area contributed by atoms with E-state index in [9.17, 15) is 9.18 Å². The van der Waals surface area contributed by atoms with Gasteiger partial charge in [-0.05, 0) is 61.6 Å². The molecular weight excluding hydrogens is 377 g/mol. The summed E-state index contributed by atoms with van der Waals surface area (Å²) < 4.78 is 18.1. The smallest absolute Gasteiger partial charge is 0.356 e. The minimum absolute atomic E-state index is 0.239. The molecule has 1 heterocycles. The van der Waals surface area contributed by atoms with Crippen LogP contribution in [0.1, 0.15) is 17.4 Å². The number of hydrogen-bond acceptors (Lipinski definition) is 3. The molecule has 3 aromatic rings. The van der Waals surface area contributed by atoms with Crippen LogP contribution in [0.15, 0.2) is 42.5 Å². The summed E-state index contributed by atoms with van der Waals surface area (Å²) in [5.74, 6) is -0.850. The van der Waals surface area contributed by atoms with Gasteiger partial charge in [-0.3, -0.25) is 0 Å². The highest BCUT2D eigenvalue weighted by molar-refractivity contribution is 7.80. The number of aromatic amines is 1. The maximum absolute atomic E-state index is 13.0. The number of aromatic nitrogens is 1. The van der Waals surface area contributed by atoms with Crippen LogP contribution < -0.4 is 10.6 Å². The Balaban J connectivity index is 1.92. The Morgan fingerprint density at radius 2 is 1.96 bits per heavy atom. The van der Waals surface area contributed by atoms with Gasteiger partial charge in [0.25, 0.3) is 0 Å². The van der Waals surface area contributed by atoms with Crippen molar-refractivity contribution >= 4 is 57.2 Å². The molecule has 0 unspecified atom stereocenters. The quantitative estimate of drug-likeness (QED) is 0.434. The first-order valence-electron chi connectivity index (χ1n) is 7.80. The van der Waals surface area contributed by atoms with Gasteiger partial charge in [0.1, 0.15) is 11.5 Å². The van der Waals surface area contributed by atoms with Crippen molar-refractivity contribution < 1.29 is 13.9 Å². The monoisotopic (exact) mass is 391 g/mol. The predicted octanol–water partition coefficient (Wildman–Crippen LogP) is 4.95. The normalized spacial score (nSPS) is 10.6. The average molecular weight is 392 g/mol. The number of carbonyl (C=O) groups is 1. The summed E-state index contributed by atoms with van der Waals surface area (Å²) in [6.07, 6.45) is 0. The van der Waals surface area contributed by atoms with Crippen LogP contribution in [0.2, 0.25) is 5.02 Å². The molecule has 0 fully saturated rings. The first-order chi connectivity index (χ1) is 12.5. The van der Waals surface area contributed by atoms with Crippen LogP contribution >= 0.6 is 23.8 Å². The summed E-state index contributed by atoms with van der Waals surface area (Å²) in [7, 11) is 0. The van der Waals surface area contributed by atoms with Crippen LogP contribution in [0.3, 0.4) is 0 Å². The van der Waals surface area contributed by atoms with Gasteiger partial charge in [-0.25, -0.2) is 9.18 Å². The zero-order chi connectivity index (χ0) is 18.7. The SMILES string of the molecule is CCOC(=O)c1[nH]c2ccc(Cl)cc2c1NC(=S)Nc1ccc(F)cc1. The van der Waals surface area contributed by atoms with E-state index in [0.717, 1.165) is 0 Å². The second-order valence-corrected chi connectivity index (χ2v) is 6.22. The Hall–Kier alpha value is -2.64. The van der Waals surface area contributed by atoms with Crippen LogP contribution in [0.5, 0.6) is 0 Å². The first kappa shape index (κ1) is 18.2. The highest BCUT2D eigenvalue weighted by Crippen LogP contribution is 2.31. The van der Waals surface area contributed by atoms with E-state index in [-0.39, 0.29) is 23.2 Å². The number of anilines is 2. The van der Waals surface area contributed by atoms with Crippen molar-refractivity contribution in [3.8, 4) is 0 Å². The van der Waals surface area contributed by atoms with E-state index in [1.54, 1.807) is 37.3 Å². The molecule has 0 radical (unpaired) electrons. The molecule has 0 saturated carbocycles. The number of fused-ring (bicyclic) bond motifs is 1. The van der Waals surface area contributed by atoms with Crippen LogP contribution in [-0.2, 0) is 4.74 Å². The Kier molecular flexibility index (Phi) is 5.39. The van der Waals surface area contributed by atoms with E-state index in [0.29, 0.717) is 27.3 Å². The van der Waals surface area contributed by atoms with Crippen molar-refractivity contribution in [1.29, 1.82) is 0 Å². The predicted molar refractivity (Wildman–Crippen MR) is 106 cm³/mol. The summed E-state index contributed by atoms with van der Waals surface area (Å²) in [6.45, 7) is 1.97. The van der Waals surface area contributed by atoms with Crippen LogP contribution in [-0.4, -0.2) is 22.7 Å². The highest BCUT2D eigenvalue weighted by atomic mass is 35.5. The van der Waals surface area contributed by atoms with Gasteiger partial charge >= 0.3 is 5.97 Å². The van der Waals surface area contributed by atoms with Gasteiger partial charge in [0.05, 0.1) is 12.3 Å². The molecule has 5 nitrogen and oxygen atoms in total. The highest BCUT2D eigenvalue weighted by Gasteiger charge is 2.20.